The first-order valence-corrected chi connectivity index (χ1v) is 10.9. The van der Waals surface area contributed by atoms with Crippen molar-refractivity contribution in [3.63, 3.8) is 0 Å². The van der Waals surface area contributed by atoms with Gasteiger partial charge in [0.1, 0.15) is 0 Å². The highest BCUT2D eigenvalue weighted by atomic mass is 14.9. The molecule has 0 bridgehead atoms. The van der Waals surface area contributed by atoms with Gasteiger partial charge in [-0.1, -0.05) is 76.9 Å². The Morgan fingerprint density at radius 2 is 1.25 bits per heavy atom. The monoisotopic (exact) mass is 338 g/mol. The predicted octanol–water partition coefficient (Wildman–Crippen LogP) is 6.35. The molecule has 144 valence electrons. The summed E-state index contributed by atoms with van der Waals surface area (Å²) in [6, 6.07) is 0.582. The maximum atomic E-state index is 5.55. The molecule has 2 heteroatoms. The van der Waals surface area contributed by atoms with Crippen molar-refractivity contribution in [3.8, 4) is 0 Å². The summed E-state index contributed by atoms with van der Waals surface area (Å²) in [6.45, 7) is 6.46. The SMILES string of the molecule is CCCCCCCC/C=C\CCCCCCCCNC(C)CCN. The van der Waals surface area contributed by atoms with Gasteiger partial charge in [0.25, 0.3) is 0 Å². The number of rotatable bonds is 19. The van der Waals surface area contributed by atoms with Crippen LogP contribution < -0.4 is 11.1 Å². The topological polar surface area (TPSA) is 38.0 Å². The lowest BCUT2D eigenvalue weighted by atomic mass is 10.1. The van der Waals surface area contributed by atoms with E-state index in [1.54, 1.807) is 0 Å². The lowest BCUT2D eigenvalue weighted by molar-refractivity contribution is 0.494. The molecule has 0 fully saturated rings. The van der Waals surface area contributed by atoms with Crippen LogP contribution in [0.15, 0.2) is 12.2 Å². The molecule has 0 aliphatic rings. The third-order valence-corrected chi connectivity index (χ3v) is 4.78. The molecule has 0 saturated carbocycles. The van der Waals surface area contributed by atoms with E-state index < -0.39 is 0 Å². The van der Waals surface area contributed by atoms with Crippen LogP contribution in [0.25, 0.3) is 0 Å². The largest absolute Gasteiger partial charge is 0.330 e. The van der Waals surface area contributed by atoms with Gasteiger partial charge in [-0.3, -0.25) is 0 Å². The number of hydrogen-bond donors (Lipinski definition) is 2. The second-order valence-electron chi connectivity index (χ2n) is 7.37. The van der Waals surface area contributed by atoms with E-state index in [4.69, 9.17) is 5.73 Å². The molecule has 2 nitrogen and oxygen atoms in total. The van der Waals surface area contributed by atoms with Crippen molar-refractivity contribution < 1.29 is 0 Å². The minimum absolute atomic E-state index is 0.582. The molecule has 0 amide bonds. The summed E-state index contributed by atoms with van der Waals surface area (Å²) in [6.07, 6.45) is 25.2. The van der Waals surface area contributed by atoms with Crippen molar-refractivity contribution in [3.05, 3.63) is 12.2 Å². The Kier molecular flexibility index (Phi) is 20.4. The zero-order chi connectivity index (χ0) is 17.7. The number of hydrogen-bond acceptors (Lipinski definition) is 2. The van der Waals surface area contributed by atoms with Crippen LogP contribution in [0.2, 0.25) is 0 Å². The Hall–Kier alpha value is -0.340. The maximum Gasteiger partial charge on any atom is 0.00507 e. The third-order valence-electron chi connectivity index (χ3n) is 4.78. The van der Waals surface area contributed by atoms with Crippen LogP contribution in [0.3, 0.4) is 0 Å². The van der Waals surface area contributed by atoms with Gasteiger partial charge in [0.2, 0.25) is 0 Å². The molecule has 0 aliphatic heterocycles. The summed E-state index contributed by atoms with van der Waals surface area (Å²) in [4.78, 5) is 0. The van der Waals surface area contributed by atoms with Gasteiger partial charge in [-0.2, -0.15) is 0 Å². The average Bonchev–Trinajstić information content (AvgIpc) is 2.58. The molecule has 0 heterocycles. The molecule has 0 saturated heterocycles. The van der Waals surface area contributed by atoms with E-state index in [2.05, 4.69) is 31.3 Å². The molecule has 0 aromatic carbocycles. The molecule has 0 aliphatic carbocycles. The number of unbranched alkanes of at least 4 members (excludes halogenated alkanes) is 12. The van der Waals surface area contributed by atoms with Gasteiger partial charge in [-0.05, 0) is 58.5 Å². The second kappa shape index (κ2) is 20.7. The van der Waals surface area contributed by atoms with Gasteiger partial charge in [0.05, 0.1) is 0 Å². The van der Waals surface area contributed by atoms with Crippen LogP contribution in [0.1, 0.15) is 110 Å². The Bertz CT molecular complexity index is 250. The molecule has 1 unspecified atom stereocenters. The molecular formula is C22H46N2. The van der Waals surface area contributed by atoms with E-state index in [0.29, 0.717) is 6.04 Å². The summed E-state index contributed by atoms with van der Waals surface area (Å²) in [5.74, 6) is 0. The number of allylic oxidation sites excluding steroid dienone is 2. The van der Waals surface area contributed by atoms with Crippen LogP contribution in [0.5, 0.6) is 0 Å². The van der Waals surface area contributed by atoms with Crippen LogP contribution in [-0.4, -0.2) is 19.1 Å². The second-order valence-corrected chi connectivity index (χ2v) is 7.37. The van der Waals surface area contributed by atoms with E-state index in [1.165, 1.54) is 89.9 Å². The summed E-state index contributed by atoms with van der Waals surface area (Å²) >= 11 is 0. The minimum atomic E-state index is 0.582. The summed E-state index contributed by atoms with van der Waals surface area (Å²) in [5.41, 5.74) is 5.55. The molecule has 3 N–H and O–H groups in total. The van der Waals surface area contributed by atoms with E-state index in [-0.39, 0.29) is 0 Å². The highest BCUT2D eigenvalue weighted by Crippen LogP contribution is 2.09. The number of nitrogens with one attached hydrogen (secondary N) is 1. The molecule has 24 heavy (non-hydrogen) atoms. The van der Waals surface area contributed by atoms with Crippen LogP contribution in [-0.2, 0) is 0 Å². The Labute approximate surface area is 153 Å². The van der Waals surface area contributed by atoms with Crippen molar-refractivity contribution >= 4 is 0 Å². The van der Waals surface area contributed by atoms with Gasteiger partial charge in [0.15, 0.2) is 0 Å². The first-order chi connectivity index (χ1) is 11.8. The predicted molar refractivity (Wildman–Crippen MR) is 111 cm³/mol. The van der Waals surface area contributed by atoms with E-state index in [0.717, 1.165) is 19.5 Å². The molecule has 0 spiro atoms. The first-order valence-electron chi connectivity index (χ1n) is 10.9. The summed E-state index contributed by atoms with van der Waals surface area (Å²) in [5, 5.41) is 3.54. The van der Waals surface area contributed by atoms with Crippen LogP contribution in [0.4, 0.5) is 0 Å². The van der Waals surface area contributed by atoms with Crippen molar-refractivity contribution in [1.29, 1.82) is 0 Å². The highest BCUT2D eigenvalue weighted by molar-refractivity contribution is 4.81. The van der Waals surface area contributed by atoms with Crippen molar-refractivity contribution in [2.75, 3.05) is 13.1 Å². The zero-order valence-electron chi connectivity index (χ0n) is 16.8. The molecule has 1 atom stereocenters. The van der Waals surface area contributed by atoms with E-state index >= 15 is 0 Å². The molecule has 0 aromatic rings. The molecule has 0 rings (SSSR count). The minimum Gasteiger partial charge on any atom is -0.330 e. The van der Waals surface area contributed by atoms with Gasteiger partial charge >= 0.3 is 0 Å². The molecular weight excluding hydrogens is 292 g/mol. The Balaban J connectivity index is 3.10. The van der Waals surface area contributed by atoms with Gasteiger partial charge < -0.3 is 11.1 Å². The standard InChI is InChI=1S/C22H46N2/c1-3-4-5-6-7-8-9-10-11-12-13-14-15-16-17-18-21-24-22(2)19-20-23/h10-11,22,24H,3-9,12-21,23H2,1-2H3/b11-10-. The number of nitrogens with two attached hydrogens (primary N) is 1. The fourth-order valence-corrected chi connectivity index (χ4v) is 3.07. The maximum absolute atomic E-state index is 5.55. The van der Waals surface area contributed by atoms with Crippen LogP contribution >= 0.6 is 0 Å². The van der Waals surface area contributed by atoms with E-state index in [9.17, 15) is 0 Å². The lowest BCUT2D eigenvalue weighted by Crippen LogP contribution is -2.29. The van der Waals surface area contributed by atoms with Gasteiger partial charge in [0, 0.05) is 6.04 Å². The Morgan fingerprint density at radius 3 is 1.79 bits per heavy atom. The lowest BCUT2D eigenvalue weighted by Gasteiger charge is -2.11. The quantitative estimate of drug-likeness (QED) is 0.213. The normalized spacial score (nSPS) is 13.0. The highest BCUT2D eigenvalue weighted by Gasteiger charge is 1.98. The van der Waals surface area contributed by atoms with Gasteiger partial charge in [-0.25, -0.2) is 0 Å². The van der Waals surface area contributed by atoms with Gasteiger partial charge in [-0.15, -0.1) is 0 Å². The first kappa shape index (κ1) is 23.7. The average molecular weight is 339 g/mol. The summed E-state index contributed by atoms with van der Waals surface area (Å²) < 4.78 is 0. The van der Waals surface area contributed by atoms with Crippen molar-refractivity contribution in [2.45, 2.75) is 116 Å². The van der Waals surface area contributed by atoms with E-state index in [1.807, 2.05) is 0 Å². The zero-order valence-corrected chi connectivity index (χ0v) is 16.8. The molecule has 0 aromatic heterocycles. The third kappa shape index (κ3) is 19.7. The van der Waals surface area contributed by atoms with Crippen molar-refractivity contribution in [2.24, 2.45) is 5.73 Å². The molecule has 0 radical (unpaired) electrons. The fraction of sp³-hybridized carbons (Fsp3) is 0.909. The van der Waals surface area contributed by atoms with Crippen molar-refractivity contribution in [1.82, 2.24) is 5.32 Å². The summed E-state index contributed by atoms with van der Waals surface area (Å²) in [7, 11) is 0. The smallest absolute Gasteiger partial charge is 0.00507 e. The van der Waals surface area contributed by atoms with Crippen LogP contribution in [0, 0.1) is 0 Å². The Morgan fingerprint density at radius 1 is 0.750 bits per heavy atom. The fourth-order valence-electron chi connectivity index (χ4n) is 3.07.